The van der Waals surface area contributed by atoms with Crippen molar-refractivity contribution >= 4 is 21.6 Å². The van der Waals surface area contributed by atoms with Crippen molar-refractivity contribution in [1.29, 1.82) is 0 Å². The Balaban J connectivity index is 2.53. The van der Waals surface area contributed by atoms with Gasteiger partial charge >= 0.3 is 0 Å². The molecule has 0 aromatic heterocycles. The first kappa shape index (κ1) is 8.08. The summed E-state index contributed by atoms with van der Waals surface area (Å²) in [6.45, 7) is 0.852. The molecule has 2 nitrogen and oxygen atoms in total. The van der Waals surface area contributed by atoms with E-state index in [1.165, 1.54) is 0 Å². The summed E-state index contributed by atoms with van der Waals surface area (Å²) in [5.41, 5.74) is 2.03. The van der Waals surface area contributed by atoms with Gasteiger partial charge in [-0.05, 0) is 18.6 Å². The second-order valence-electron chi connectivity index (χ2n) is 2.93. The van der Waals surface area contributed by atoms with E-state index in [0.29, 0.717) is 0 Å². The normalized spacial score (nSPS) is 21.3. The maximum Gasteiger partial charge on any atom is 0.0837 e. The van der Waals surface area contributed by atoms with Crippen LogP contribution in [0.25, 0.3) is 0 Å². The Morgan fingerprint density at radius 1 is 1.50 bits per heavy atom. The molecule has 0 amide bonds. The Bertz CT molecular complexity index is 301. The van der Waals surface area contributed by atoms with E-state index in [2.05, 4.69) is 21.2 Å². The Labute approximate surface area is 79.7 Å². The van der Waals surface area contributed by atoms with Gasteiger partial charge < -0.3 is 10.4 Å². The lowest BCUT2D eigenvalue weighted by molar-refractivity contribution is 0.168. The molecule has 3 heteroatoms. The molecule has 12 heavy (non-hydrogen) atoms. The molecule has 64 valence electrons. The van der Waals surface area contributed by atoms with E-state index in [1.54, 1.807) is 0 Å². The SMILES string of the molecule is OC1CCNc2cccc(Br)c21. The lowest BCUT2D eigenvalue weighted by Gasteiger charge is -2.23. The maximum absolute atomic E-state index is 9.67. The summed E-state index contributed by atoms with van der Waals surface area (Å²) in [4.78, 5) is 0. The van der Waals surface area contributed by atoms with Gasteiger partial charge in [-0.3, -0.25) is 0 Å². The molecule has 0 aliphatic carbocycles. The van der Waals surface area contributed by atoms with Gasteiger partial charge in [-0.1, -0.05) is 22.0 Å². The lowest BCUT2D eigenvalue weighted by atomic mass is 10.0. The summed E-state index contributed by atoms with van der Waals surface area (Å²) < 4.78 is 0.986. The highest BCUT2D eigenvalue weighted by atomic mass is 79.9. The van der Waals surface area contributed by atoms with Crippen LogP contribution in [0.1, 0.15) is 18.1 Å². The number of fused-ring (bicyclic) bond motifs is 1. The molecule has 1 aliphatic rings. The van der Waals surface area contributed by atoms with Crippen LogP contribution in [-0.2, 0) is 0 Å². The molecule has 2 N–H and O–H groups in total. The van der Waals surface area contributed by atoms with Crippen molar-refractivity contribution < 1.29 is 5.11 Å². The summed E-state index contributed by atoms with van der Waals surface area (Å²) in [7, 11) is 0. The molecule has 0 radical (unpaired) electrons. The fourth-order valence-electron chi connectivity index (χ4n) is 1.52. The highest BCUT2D eigenvalue weighted by Crippen LogP contribution is 2.35. The standard InChI is InChI=1S/C9H10BrNO/c10-6-2-1-3-7-9(6)8(12)4-5-11-7/h1-3,8,11-12H,4-5H2. The molecule has 1 heterocycles. The third-order valence-corrected chi connectivity index (χ3v) is 2.81. The molecule has 0 saturated carbocycles. The molecule has 0 bridgehead atoms. The van der Waals surface area contributed by atoms with Crippen LogP contribution in [0.3, 0.4) is 0 Å². The summed E-state index contributed by atoms with van der Waals surface area (Å²) >= 11 is 3.42. The molecule has 1 aromatic rings. The molecule has 1 aliphatic heterocycles. The zero-order chi connectivity index (χ0) is 8.55. The number of hydrogen-bond acceptors (Lipinski definition) is 2. The molecule has 1 aromatic carbocycles. The second-order valence-corrected chi connectivity index (χ2v) is 3.79. The van der Waals surface area contributed by atoms with Crippen molar-refractivity contribution in [1.82, 2.24) is 0 Å². The summed E-state index contributed by atoms with van der Waals surface area (Å²) in [5, 5.41) is 12.9. The van der Waals surface area contributed by atoms with Gasteiger partial charge in [0.1, 0.15) is 0 Å². The summed E-state index contributed by atoms with van der Waals surface area (Å²) in [5.74, 6) is 0. The maximum atomic E-state index is 9.67. The van der Waals surface area contributed by atoms with Gasteiger partial charge in [0.15, 0.2) is 0 Å². The Kier molecular flexibility index (Phi) is 2.07. The van der Waals surface area contributed by atoms with Crippen molar-refractivity contribution in [3.8, 4) is 0 Å². The van der Waals surface area contributed by atoms with Crippen molar-refractivity contribution in [2.75, 3.05) is 11.9 Å². The average Bonchev–Trinajstić information content (AvgIpc) is 2.04. The Hall–Kier alpha value is -0.540. The van der Waals surface area contributed by atoms with Gasteiger partial charge in [-0.15, -0.1) is 0 Å². The minimum Gasteiger partial charge on any atom is -0.388 e. The quantitative estimate of drug-likeness (QED) is 0.714. The zero-order valence-electron chi connectivity index (χ0n) is 6.55. The van der Waals surface area contributed by atoms with E-state index < -0.39 is 0 Å². The highest BCUT2D eigenvalue weighted by Gasteiger charge is 2.19. The van der Waals surface area contributed by atoms with Gasteiger partial charge in [-0.25, -0.2) is 0 Å². The topological polar surface area (TPSA) is 32.3 Å². The first-order valence-electron chi connectivity index (χ1n) is 3.99. The third-order valence-electron chi connectivity index (χ3n) is 2.12. The molecule has 2 rings (SSSR count). The largest absolute Gasteiger partial charge is 0.388 e. The van der Waals surface area contributed by atoms with E-state index in [0.717, 1.165) is 28.7 Å². The molecular formula is C9H10BrNO. The van der Waals surface area contributed by atoms with Gasteiger partial charge in [0.2, 0.25) is 0 Å². The smallest absolute Gasteiger partial charge is 0.0837 e. The van der Waals surface area contributed by atoms with Crippen LogP contribution < -0.4 is 5.32 Å². The van der Waals surface area contributed by atoms with Crippen LogP contribution in [0.15, 0.2) is 22.7 Å². The van der Waals surface area contributed by atoms with Crippen LogP contribution >= 0.6 is 15.9 Å². The highest BCUT2D eigenvalue weighted by molar-refractivity contribution is 9.10. The van der Waals surface area contributed by atoms with Crippen LogP contribution in [0.2, 0.25) is 0 Å². The monoisotopic (exact) mass is 227 g/mol. The minimum absolute atomic E-state index is 0.322. The van der Waals surface area contributed by atoms with Gasteiger partial charge in [0.25, 0.3) is 0 Å². The van der Waals surface area contributed by atoms with Gasteiger partial charge in [-0.2, -0.15) is 0 Å². The zero-order valence-corrected chi connectivity index (χ0v) is 8.13. The summed E-state index contributed by atoms with van der Waals surface area (Å²) in [6.07, 6.45) is 0.465. The number of nitrogens with one attached hydrogen (secondary N) is 1. The molecule has 1 unspecified atom stereocenters. The molecule has 1 atom stereocenters. The number of anilines is 1. The number of benzene rings is 1. The number of aliphatic hydroxyl groups excluding tert-OH is 1. The second kappa shape index (κ2) is 3.07. The van der Waals surface area contributed by atoms with Crippen molar-refractivity contribution in [2.45, 2.75) is 12.5 Å². The van der Waals surface area contributed by atoms with Crippen molar-refractivity contribution in [3.63, 3.8) is 0 Å². The first-order valence-corrected chi connectivity index (χ1v) is 4.78. The van der Waals surface area contributed by atoms with Crippen LogP contribution in [0.4, 0.5) is 5.69 Å². The van der Waals surface area contributed by atoms with Gasteiger partial charge in [0, 0.05) is 22.3 Å². The molecule has 0 saturated heterocycles. The van der Waals surface area contributed by atoms with Crippen LogP contribution in [0, 0.1) is 0 Å². The van der Waals surface area contributed by atoms with E-state index in [-0.39, 0.29) is 6.10 Å². The first-order chi connectivity index (χ1) is 5.79. The fourth-order valence-corrected chi connectivity index (χ4v) is 2.15. The third kappa shape index (κ3) is 1.23. The Morgan fingerprint density at radius 3 is 3.08 bits per heavy atom. The van der Waals surface area contributed by atoms with E-state index >= 15 is 0 Å². The lowest BCUT2D eigenvalue weighted by Crippen LogP contribution is -2.16. The molecule has 0 fully saturated rings. The van der Waals surface area contributed by atoms with Crippen molar-refractivity contribution in [3.05, 3.63) is 28.2 Å². The van der Waals surface area contributed by atoms with Gasteiger partial charge in [0.05, 0.1) is 6.10 Å². The summed E-state index contributed by atoms with van der Waals surface area (Å²) in [6, 6.07) is 5.91. The Morgan fingerprint density at radius 2 is 2.33 bits per heavy atom. The van der Waals surface area contributed by atoms with Crippen LogP contribution in [-0.4, -0.2) is 11.7 Å². The van der Waals surface area contributed by atoms with E-state index in [9.17, 15) is 5.11 Å². The number of rotatable bonds is 0. The van der Waals surface area contributed by atoms with Crippen LogP contribution in [0.5, 0.6) is 0 Å². The average molecular weight is 228 g/mol. The molecule has 0 spiro atoms. The number of hydrogen-bond donors (Lipinski definition) is 2. The molecular weight excluding hydrogens is 218 g/mol. The number of aliphatic hydroxyl groups is 1. The number of halogens is 1. The fraction of sp³-hybridized carbons (Fsp3) is 0.333. The predicted octanol–water partition coefficient (Wildman–Crippen LogP) is 2.30. The van der Waals surface area contributed by atoms with Crippen molar-refractivity contribution in [2.24, 2.45) is 0 Å². The minimum atomic E-state index is -0.322. The van der Waals surface area contributed by atoms with E-state index in [1.807, 2.05) is 18.2 Å². The predicted molar refractivity (Wildman–Crippen MR) is 52.2 cm³/mol. The van der Waals surface area contributed by atoms with E-state index in [4.69, 9.17) is 0 Å².